The molecule has 3 rings (SSSR count). The van der Waals surface area contributed by atoms with Gasteiger partial charge in [0.2, 0.25) is 0 Å². The van der Waals surface area contributed by atoms with Crippen LogP contribution in [0.5, 0.6) is 5.75 Å². The third-order valence-corrected chi connectivity index (χ3v) is 4.62. The predicted octanol–water partition coefficient (Wildman–Crippen LogP) is 2.25. The largest absolute Gasteiger partial charge is 0.493 e. The summed E-state index contributed by atoms with van der Waals surface area (Å²) in [5, 5.41) is 16.7. The van der Waals surface area contributed by atoms with Gasteiger partial charge in [-0.3, -0.25) is 4.99 Å². The van der Waals surface area contributed by atoms with Crippen molar-refractivity contribution in [2.24, 2.45) is 4.99 Å². The zero-order chi connectivity index (χ0) is 16.1. The highest BCUT2D eigenvalue weighted by molar-refractivity contribution is 14.0. The number of nitrogens with one attached hydrogen (secondary N) is 2. The Hall–Kier alpha value is -1.02. The van der Waals surface area contributed by atoms with E-state index in [-0.39, 0.29) is 24.0 Å². The Morgan fingerprint density at radius 2 is 2.17 bits per heavy atom. The van der Waals surface area contributed by atoms with E-state index in [1.54, 1.807) is 0 Å². The van der Waals surface area contributed by atoms with Crippen molar-refractivity contribution >= 4 is 29.9 Å². The van der Waals surface area contributed by atoms with E-state index in [1.165, 1.54) is 11.1 Å². The molecule has 1 aliphatic heterocycles. The number of rotatable bonds is 6. The highest BCUT2D eigenvalue weighted by Gasteiger charge is 2.34. The van der Waals surface area contributed by atoms with Crippen LogP contribution in [0.3, 0.4) is 0 Å². The molecule has 1 heterocycles. The van der Waals surface area contributed by atoms with Gasteiger partial charge in [-0.2, -0.15) is 0 Å². The molecular formula is C18H28IN3O2. The number of ether oxygens (including phenoxy) is 1. The minimum absolute atomic E-state index is 0. The Morgan fingerprint density at radius 3 is 2.88 bits per heavy atom. The zero-order valence-corrected chi connectivity index (χ0v) is 16.6. The third-order valence-electron chi connectivity index (χ3n) is 4.62. The number of nitrogens with zero attached hydrogens (tertiary/aromatic N) is 1. The molecule has 2 aliphatic rings. The summed E-state index contributed by atoms with van der Waals surface area (Å²) in [4.78, 5) is 4.52. The summed E-state index contributed by atoms with van der Waals surface area (Å²) in [6.45, 7) is 4.98. The van der Waals surface area contributed by atoms with Crippen LogP contribution in [0.15, 0.2) is 23.2 Å². The second-order valence-electron chi connectivity index (χ2n) is 6.49. The summed E-state index contributed by atoms with van der Waals surface area (Å²) in [7, 11) is 0. The van der Waals surface area contributed by atoms with Gasteiger partial charge in [-0.25, -0.2) is 0 Å². The lowest BCUT2D eigenvalue weighted by molar-refractivity contribution is -0.0236. The SMILES string of the molecule is CCNC(=NCC1(O)CCC1)NCCc1ccc2c(c1)CCO2.I. The smallest absolute Gasteiger partial charge is 0.191 e. The van der Waals surface area contributed by atoms with Crippen molar-refractivity contribution in [3.63, 3.8) is 0 Å². The maximum atomic E-state index is 10.1. The van der Waals surface area contributed by atoms with Gasteiger partial charge in [0.1, 0.15) is 5.75 Å². The molecule has 6 heteroatoms. The van der Waals surface area contributed by atoms with Gasteiger partial charge in [0.25, 0.3) is 0 Å². The fraction of sp³-hybridized carbons (Fsp3) is 0.611. The summed E-state index contributed by atoms with van der Waals surface area (Å²) < 4.78 is 5.54. The summed E-state index contributed by atoms with van der Waals surface area (Å²) in [6.07, 6.45) is 4.81. The molecule has 0 unspecified atom stereocenters. The first-order chi connectivity index (χ1) is 11.2. The first-order valence-corrected chi connectivity index (χ1v) is 8.68. The first kappa shape index (κ1) is 19.3. The molecule has 0 amide bonds. The highest BCUT2D eigenvalue weighted by Crippen LogP contribution is 2.31. The Kier molecular flexibility index (Phi) is 7.16. The molecule has 0 radical (unpaired) electrons. The van der Waals surface area contributed by atoms with E-state index in [4.69, 9.17) is 4.74 Å². The summed E-state index contributed by atoms with van der Waals surface area (Å²) in [5.74, 6) is 1.82. The van der Waals surface area contributed by atoms with Crippen molar-refractivity contribution in [1.82, 2.24) is 10.6 Å². The fourth-order valence-corrected chi connectivity index (χ4v) is 3.03. The van der Waals surface area contributed by atoms with Crippen LogP contribution in [-0.4, -0.2) is 42.9 Å². The molecule has 0 aromatic heterocycles. The topological polar surface area (TPSA) is 65.9 Å². The van der Waals surface area contributed by atoms with Gasteiger partial charge < -0.3 is 20.5 Å². The first-order valence-electron chi connectivity index (χ1n) is 8.68. The van der Waals surface area contributed by atoms with Gasteiger partial charge in [-0.15, -0.1) is 24.0 Å². The van der Waals surface area contributed by atoms with Gasteiger partial charge in [0.15, 0.2) is 5.96 Å². The van der Waals surface area contributed by atoms with Gasteiger partial charge in [0, 0.05) is 19.5 Å². The lowest BCUT2D eigenvalue weighted by Gasteiger charge is -2.35. The van der Waals surface area contributed by atoms with Crippen LogP contribution in [0.2, 0.25) is 0 Å². The molecule has 134 valence electrons. The molecule has 5 nitrogen and oxygen atoms in total. The van der Waals surface area contributed by atoms with E-state index in [0.717, 1.165) is 63.5 Å². The maximum Gasteiger partial charge on any atom is 0.191 e. The van der Waals surface area contributed by atoms with Crippen molar-refractivity contribution < 1.29 is 9.84 Å². The van der Waals surface area contributed by atoms with E-state index in [2.05, 4.69) is 40.7 Å². The normalized spacial score (nSPS) is 18.0. The average molecular weight is 445 g/mol. The minimum atomic E-state index is -0.567. The van der Waals surface area contributed by atoms with Crippen LogP contribution in [0, 0.1) is 0 Å². The van der Waals surface area contributed by atoms with Crippen LogP contribution in [0.4, 0.5) is 0 Å². The number of halogens is 1. The zero-order valence-electron chi connectivity index (χ0n) is 14.3. The van der Waals surface area contributed by atoms with Gasteiger partial charge >= 0.3 is 0 Å². The quantitative estimate of drug-likeness (QED) is 0.357. The van der Waals surface area contributed by atoms with Crippen molar-refractivity contribution in [3.8, 4) is 5.75 Å². The van der Waals surface area contributed by atoms with Crippen LogP contribution < -0.4 is 15.4 Å². The molecule has 0 atom stereocenters. The minimum Gasteiger partial charge on any atom is -0.493 e. The number of fused-ring (bicyclic) bond motifs is 1. The van der Waals surface area contributed by atoms with E-state index < -0.39 is 5.60 Å². The summed E-state index contributed by atoms with van der Waals surface area (Å²) in [6, 6.07) is 6.45. The Labute approximate surface area is 161 Å². The number of guanidine groups is 1. The Morgan fingerprint density at radius 1 is 1.33 bits per heavy atom. The molecule has 24 heavy (non-hydrogen) atoms. The van der Waals surface area contributed by atoms with Crippen LogP contribution in [0.1, 0.15) is 37.3 Å². The number of hydrogen-bond acceptors (Lipinski definition) is 3. The predicted molar refractivity (Wildman–Crippen MR) is 108 cm³/mol. The molecule has 1 aromatic carbocycles. The molecular weight excluding hydrogens is 417 g/mol. The number of hydrogen-bond donors (Lipinski definition) is 3. The van der Waals surface area contributed by atoms with Gasteiger partial charge in [-0.1, -0.05) is 12.1 Å². The maximum absolute atomic E-state index is 10.1. The molecule has 0 bridgehead atoms. The summed E-state index contributed by atoms with van der Waals surface area (Å²) >= 11 is 0. The Balaban J connectivity index is 0.00000208. The lowest BCUT2D eigenvalue weighted by atomic mass is 9.80. The van der Waals surface area contributed by atoms with E-state index in [9.17, 15) is 5.11 Å². The third kappa shape index (κ3) is 4.99. The fourth-order valence-electron chi connectivity index (χ4n) is 3.03. The van der Waals surface area contributed by atoms with E-state index >= 15 is 0 Å². The second kappa shape index (κ2) is 8.89. The molecule has 3 N–H and O–H groups in total. The molecule has 0 spiro atoms. The molecule has 1 fully saturated rings. The van der Waals surface area contributed by atoms with Crippen LogP contribution >= 0.6 is 24.0 Å². The van der Waals surface area contributed by atoms with Gasteiger partial charge in [-0.05, 0) is 49.8 Å². The standard InChI is InChI=1S/C18H27N3O2.HI/c1-2-19-17(21-13-18(22)8-3-9-18)20-10-6-14-4-5-16-15(12-14)7-11-23-16;/h4-5,12,22H,2-3,6-11,13H2,1H3,(H2,19,20,21);1H. The Bertz CT molecular complexity index is 573. The lowest BCUT2D eigenvalue weighted by Crippen LogP contribution is -2.43. The van der Waals surface area contributed by atoms with Crippen LogP contribution in [0.25, 0.3) is 0 Å². The van der Waals surface area contributed by atoms with Crippen molar-refractivity contribution in [2.45, 2.75) is 44.6 Å². The molecule has 0 saturated heterocycles. The van der Waals surface area contributed by atoms with Crippen molar-refractivity contribution in [2.75, 3.05) is 26.2 Å². The molecule has 1 saturated carbocycles. The van der Waals surface area contributed by atoms with Crippen molar-refractivity contribution in [1.29, 1.82) is 0 Å². The monoisotopic (exact) mass is 445 g/mol. The van der Waals surface area contributed by atoms with E-state index in [1.807, 2.05) is 0 Å². The van der Waals surface area contributed by atoms with E-state index in [0.29, 0.717) is 6.54 Å². The number of aliphatic imine (C=N–C) groups is 1. The van der Waals surface area contributed by atoms with Crippen LogP contribution in [-0.2, 0) is 12.8 Å². The number of benzene rings is 1. The molecule has 1 aromatic rings. The van der Waals surface area contributed by atoms with Crippen molar-refractivity contribution in [3.05, 3.63) is 29.3 Å². The highest BCUT2D eigenvalue weighted by atomic mass is 127. The van der Waals surface area contributed by atoms with Gasteiger partial charge in [0.05, 0.1) is 18.8 Å². The number of aliphatic hydroxyl groups is 1. The average Bonchev–Trinajstić information content (AvgIpc) is 2.98. The summed E-state index contributed by atoms with van der Waals surface area (Å²) in [5.41, 5.74) is 2.06. The second-order valence-corrected chi connectivity index (χ2v) is 6.49. The molecule has 1 aliphatic carbocycles.